The van der Waals surface area contributed by atoms with Gasteiger partial charge in [0.05, 0.1) is 25.3 Å². The highest BCUT2D eigenvalue weighted by atomic mass is 32.2. The molecule has 1 aliphatic heterocycles. The second-order valence-corrected chi connectivity index (χ2v) is 13.2. The molecule has 10 heteroatoms. The number of methoxy groups -OCH3 is 1. The topological polar surface area (TPSA) is 102 Å². The van der Waals surface area contributed by atoms with Crippen LogP contribution in [0.25, 0.3) is 5.76 Å². The molecule has 0 saturated carbocycles. The summed E-state index contributed by atoms with van der Waals surface area (Å²) in [6.45, 7) is 8.54. The van der Waals surface area contributed by atoms with E-state index in [9.17, 15) is 14.7 Å². The van der Waals surface area contributed by atoms with Crippen LogP contribution in [0, 0.1) is 19.8 Å². The highest BCUT2D eigenvalue weighted by Gasteiger charge is 2.48. The molecule has 2 heterocycles. The number of benzene rings is 3. The first kappa shape index (κ1) is 31.3. The van der Waals surface area contributed by atoms with Crippen molar-refractivity contribution >= 4 is 45.7 Å². The summed E-state index contributed by atoms with van der Waals surface area (Å²) >= 11 is 2.73. The molecule has 1 unspecified atom stereocenters. The lowest BCUT2D eigenvalue weighted by Crippen LogP contribution is -2.29. The first-order valence-corrected chi connectivity index (χ1v) is 16.2. The van der Waals surface area contributed by atoms with Crippen molar-refractivity contribution in [3.63, 3.8) is 0 Å². The molecule has 0 bridgehead atoms. The SMILES string of the molecule is COc1cc(C2C(=C(O)c3cc(C)ccc3C)C(=O)C(=O)N2c2nnc(SCc3ccccc3)s2)ccc1OCCC(C)C. The minimum absolute atomic E-state index is 0.0204. The normalized spacial score (nSPS) is 16.1. The smallest absolute Gasteiger partial charge is 0.301 e. The zero-order valence-electron chi connectivity index (χ0n) is 25.4. The van der Waals surface area contributed by atoms with Gasteiger partial charge < -0.3 is 14.6 Å². The number of ether oxygens (including phenoxy) is 2. The number of carbonyl (C=O) groups is 2. The number of amides is 1. The molecule has 1 aromatic heterocycles. The van der Waals surface area contributed by atoms with Crippen molar-refractivity contribution in [2.24, 2.45) is 5.92 Å². The van der Waals surface area contributed by atoms with Crippen LogP contribution in [-0.2, 0) is 15.3 Å². The number of hydrogen-bond donors (Lipinski definition) is 1. The summed E-state index contributed by atoms with van der Waals surface area (Å²) in [5, 5.41) is 20.6. The largest absolute Gasteiger partial charge is 0.507 e. The third kappa shape index (κ3) is 6.66. The summed E-state index contributed by atoms with van der Waals surface area (Å²) in [7, 11) is 1.54. The highest BCUT2D eigenvalue weighted by molar-refractivity contribution is 8.00. The van der Waals surface area contributed by atoms with E-state index in [2.05, 4.69) is 24.0 Å². The molecule has 1 fully saturated rings. The molecule has 44 heavy (non-hydrogen) atoms. The number of carbonyl (C=O) groups excluding carboxylic acids is 2. The first-order chi connectivity index (χ1) is 21.2. The highest BCUT2D eigenvalue weighted by Crippen LogP contribution is 2.46. The molecule has 5 rings (SSSR count). The van der Waals surface area contributed by atoms with E-state index in [0.29, 0.717) is 45.2 Å². The van der Waals surface area contributed by atoms with Gasteiger partial charge in [-0.2, -0.15) is 0 Å². The van der Waals surface area contributed by atoms with Crippen LogP contribution in [0.1, 0.15) is 54.1 Å². The summed E-state index contributed by atoms with van der Waals surface area (Å²) in [6.07, 6.45) is 0.878. The summed E-state index contributed by atoms with van der Waals surface area (Å²) in [6, 6.07) is 19.9. The molecule has 228 valence electrons. The molecule has 4 aromatic rings. The fraction of sp³-hybridized carbons (Fsp3) is 0.294. The van der Waals surface area contributed by atoms with Crippen LogP contribution in [0.3, 0.4) is 0 Å². The van der Waals surface area contributed by atoms with Crippen molar-refractivity contribution in [3.05, 3.63) is 100 Å². The molecule has 1 aliphatic rings. The number of thioether (sulfide) groups is 1. The maximum Gasteiger partial charge on any atom is 0.301 e. The van der Waals surface area contributed by atoms with E-state index in [0.717, 1.165) is 23.1 Å². The molecule has 0 spiro atoms. The first-order valence-electron chi connectivity index (χ1n) is 14.4. The predicted octanol–water partition coefficient (Wildman–Crippen LogP) is 7.51. The molecule has 8 nitrogen and oxygen atoms in total. The molecule has 1 N–H and O–H groups in total. The van der Waals surface area contributed by atoms with Gasteiger partial charge in [0, 0.05) is 11.3 Å². The van der Waals surface area contributed by atoms with Gasteiger partial charge in [-0.05, 0) is 61.1 Å². The lowest BCUT2D eigenvalue weighted by atomic mass is 9.93. The number of ketones is 1. The van der Waals surface area contributed by atoms with Crippen LogP contribution in [0.2, 0.25) is 0 Å². The zero-order valence-corrected chi connectivity index (χ0v) is 27.0. The van der Waals surface area contributed by atoms with Crippen LogP contribution in [0.15, 0.2) is 76.6 Å². The van der Waals surface area contributed by atoms with Gasteiger partial charge in [0.2, 0.25) is 5.13 Å². The van der Waals surface area contributed by atoms with Gasteiger partial charge in [0.1, 0.15) is 5.76 Å². The average Bonchev–Trinajstić information content (AvgIpc) is 3.59. The fourth-order valence-corrected chi connectivity index (χ4v) is 6.76. The number of hydrogen-bond acceptors (Lipinski definition) is 9. The molecule has 1 atom stereocenters. The molecule has 3 aromatic carbocycles. The van der Waals surface area contributed by atoms with Crippen molar-refractivity contribution in [2.75, 3.05) is 18.6 Å². The van der Waals surface area contributed by atoms with Crippen molar-refractivity contribution in [1.82, 2.24) is 10.2 Å². The van der Waals surface area contributed by atoms with E-state index in [1.165, 1.54) is 28.0 Å². The lowest BCUT2D eigenvalue weighted by Gasteiger charge is -2.24. The Morgan fingerprint density at radius 1 is 1.02 bits per heavy atom. The van der Waals surface area contributed by atoms with Gasteiger partial charge >= 0.3 is 5.91 Å². The van der Waals surface area contributed by atoms with E-state index >= 15 is 0 Å². The van der Waals surface area contributed by atoms with E-state index in [1.807, 2.05) is 62.4 Å². The second kappa shape index (κ2) is 13.7. The van der Waals surface area contributed by atoms with Crippen LogP contribution in [0.4, 0.5) is 5.13 Å². The quantitative estimate of drug-likeness (QED) is 0.0598. The molecule has 1 amide bonds. The molecular formula is C34H35N3O5S2. The Hall–Kier alpha value is -4.15. The number of aliphatic hydroxyl groups excluding tert-OH is 1. The van der Waals surface area contributed by atoms with Gasteiger partial charge in [-0.15, -0.1) is 10.2 Å². The van der Waals surface area contributed by atoms with Crippen LogP contribution in [-0.4, -0.2) is 40.7 Å². The van der Waals surface area contributed by atoms with Gasteiger partial charge in [0.25, 0.3) is 5.78 Å². The number of aryl methyl sites for hydroxylation is 2. The second-order valence-electron chi connectivity index (χ2n) is 11.1. The zero-order chi connectivity index (χ0) is 31.4. The maximum absolute atomic E-state index is 13.7. The Kier molecular flexibility index (Phi) is 9.71. The number of anilines is 1. The number of aliphatic hydroxyl groups is 1. The van der Waals surface area contributed by atoms with Crippen LogP contribution in [0.5, 0.6) is 11.5 Å². The lowest BCUT2D eigenvalue weighted by molar-refractivity contribution is -0.132. The number of nitrogens with zero attached hydrogens (tertiary/aromatic N) is 3. The predicted molar refractivity (Wildman–Crippen MR) is 175 cm³/mol. The van der Waals surface area contributed by atoms with E-state index in [4.69, 9.17) is 9.47 Å². The van der Waals surface area contributed by atoms with Crippen molar-refractivity contribution in [3.8, 4) is 11.5 Å². The molecule has 0 aliphatic carbocycles. The van der Waals surface area contributed by atoms with Crippen LogP contribution >= 0.6 is 23.1 Å². The number of rotatable bonds is 11. The van der Waals surface area contributed by atoms with E-state index in [-0.39, 0.29) is 16.5 Å². The summed E-state index contributed by atoms with van der Waals surface area (Å²) in [5.41, 5.74) is 3.86. The molecule has 1 saturated heterocycles. The molecule has 0 radical (unpaired) electrons. The maximum atomic E-state index is 13.7. The van der Waals surface area contributed by atoms with E-state index in [1.54, 1.807) is 25.3 Å². The summed E-state index contributed by atoms with van der Waals surface area (Å²) < 4.78 is 12.3. The molecular weight excluding hydrogens is 595 g/mol. The Morgan fingerprint density at radius 3 is 2.52 bits per heavy atom. The monoisotopic (exact) mass is 629 g/mol. The van der Waals surface area contributed by atoms with Crippen molar-refractivity contribution < 1.29 is 24.2 Å². The minimum Gasteiger partial charge on any atom is -0.507 e. The van der Waals surface area contributed by atoms with E-state index < -0.39 is 17.7 Å². The van der Waals surface area contributed by atoms with Crippen molar-refractivity contribution in [1.29, 1.82) is 0 Å². The summed E-state index contributed by atoms with van der Waals surface area (Å²) in [5.74, 6) is 0.357. The Bertz CT molecular complexity index is 1700. The van der Waals surface area contributed by atoms with Crippen LogP contribution < -0.4 is 14.4 Å². The number of Topliss-reactive ketones (excluding diaryl/α,β-unsaturated/α-hetero) is 1. The summed E-state index contributed by atoms with van der Waals surface area (Å²) in [4.78, 5) is 28.8. The Labute approximate surface area is 265 Å². The standard InChI is InChI=1S/C34H35N3O5S2/c1-20(2)15-16-42-26-14-13-24(18-27(26)41-5)29-28(30(38)25-17-21(3)11-12-22(25)4)31(39)32(40)37(29)33-35-36-34(44-33)43-19-23-9-7-6-8-10-23/h6-14,17-18,20,29,38H,15-16,19H2,1-5H3. The fourth-order valence-electron chi connectivity index (χ4n) is 4.94. The minimum atomic E-state index is -0.964. The van der Waals surface area contributed by atoms with Gasteiger partial charge in [0.15, 0.2) is 15.8 Å². The third-order valence-electron chi connectivity index (χ3n) is 7.36. The Balaban J connectivity index is 1.58. The van der Waals surface area contributed by atoms with Gasteiger partial charge in [-0.25, -0.2) is 0 Å². The van der Waals surface area contributed by atoms with Crippen molar-refractivity contribution in [2.45, 2.75) is 50.3 Å². The average molecular weight is 630 g/mol. The number of aromatic nitrogens is 2. The Morgan fingerprint density at radius 2 is 1.80 bits per heavy atom. The third-order valence-corrected chi connectivity index (χ3v) is 9.48. The van der Waals surface area contributed by atoms with Gasteiger partial charge in [-0.3, -0.25) is 14.5 Å². The van der Waals surface area contributed by atoms with Gasteiger partial charge in [-0.1, -0.05) is 91.0 Å².